The first-order valence-corrected chi connectivity index (χ1v) is 4.35. The van der Waals surface area contributed by atoms with E-state index >= 15 is 0 Å². The second kappa shape index (κ2) is 4.08. The lowest BCUT2D eigenvalue weighted by Crippen LogP contribution is -2.03. The van der Waals surface area contributed by atoms with E-state index in [0.29, 0.717) is 9.13 Å². The van der Waals surface area contributed by atoms with Gasteiger partial charge in [-0.05, 0) is 28.2 Å². The Morgan fingerprint density at radius 1 is 1.50 bits per heavy atom. The standard InChI is InChI=1S/C7H7F2IN2/c8-7(9)5-3-12-2-4(1-11)6(5)10/h2-3,7H,1,11H2. The van der Waals surface area contributed by atoms with Crippen LogP contribution < -0.4 is 5.73 Å². The molecule has 0 spiro atoms. The monoisotopic (exact) mass is 284 g/mol. The number of nitrogens with zero attached hydrogens (tertiary/aromatic N) is 1. The van der Waals surface area contributed by atoms with Crippen molar-refractivity contribution in [1.29, 1.82) is 0 Å². The highest BCUT2D eigenvalue weighted by Crippen LogP contribution is 2.25. The highest BCUT2D eigenvalue weighted by molar-refractivity contribution is 14.1. The van der Waals surface area contributed by atoms with Crippen molar-refractivity contribution >= 4 is 22.6 Å². The Bertz CT molecular complexity index is 278. The van der Waals surface area contributed by atoms with Crippen LogP contribution in [0.4, 0.5) is 8.78 Å². The minimum absolute atomic E-state index is 0.0430. The zero-order chi connectivity index (χ0) is 9.14. The highest BCUT2D eigenvalue weighted by atomic mass is 127. The van der Waals surface area contributed by atoms with Crippen LogP contribution in [0.5, 0.6) is 0 Å². The Kier molecular flexibility index (Phi) is 3.33. The SMILES string of the molecule is NCc1cncc(C(F)F)c1I. The molecule has 0 fully saturated rings. The van der Waals surface area contributed by atoms with Gasteiger partial charge in [-0.25, -0.2) is 8.78 Å². The quantitative estimate of drug-likeness (QED) is 0.844. The molecule has 0 aromatic carbocycles. The average molecular weight is 284 g/mol. The largest absolute Gasteiger partial charge is 0.326 e. The molecule has 5 heteroatoms. The van der Waals surface area contributed by atoms with E-state index in [9.17, 15) is 8.78 Å². The number of aromatic nitrogens is 1. The van der Waals surface area contributed by atoms with E-state index in [1.165, 1.54) is 12.4 Å². The van der Waals surface area contributed by atoms with Gasteiger partial charge in [0.05, 0.1) is 0 Å². The molecule has 1 rings (SSSR count). The fraction of sp³-hybridized carbons (Fsp3) is 0.286. The van der Waals surface area contributed by atoms with E-state index in [1.54, 1.807) is 0 Å². The third kappa shape index (κ3) is 1.89. The molecule has 0 bridgehead atoms. The predicted octanol–water partition coefficient (Wildman–Crippen LogP) is 2.08. The summed E-state index contributed by atoms with van der Waals surface area (Å²) in [4.78, 5) is 3.67. The molecule has 2 N–H and O–H groups in total. The Hall–Kier alpha value is -0.300. The molecule has 0 aliphatic heterocycles. The van der Waals surface area contributed by atoms with Gasteiger partial charge in [0.15, 0.2) is 0 Å². The highest BCUT2D eigenvalue weighted by Gasteiger charge is 2.13. The molecule has 0 radical (unpaired) electrons. The summed E-state index contributed by atoms with van der Waals surface area (Å²) in [5.41, 5.74) is 5.95. The molecule has 2 nitrogen and oxygen atoms in total. The van der Waals surface area contributed by atoms with Gasteiger partial charge in [-0.3, -0.25) is 4.98 Å². The summed E-state index contributed by atoms with van der Waals surface area (Å²) >= 11 is 1.86. The number of hydrogen-bond donors (Lipinski definition) is 1. The molecule has 66 valence electrons. The normalized spacial score (nSPS) is 10.8. The minimum atomic E-state index is -2.48. The van der Waals surface area contributed by atoms with Crippen molar-refractivity contribution in [3.05, 3.63) is 27.1 Å². The molecule has 0 aliphatic rings. The van der Waals surface area contributed by atoms with Crippen molar-refractivity contribution in [2.75, 3.05) is 0 Å². The van der Waals surface area contributed by atoms with Gasteiger partial charge in [0.2, 0.25) is 0 Å². The van der Waals surface area contributed by atoms with E-state index in [0.717, 1.165) is 0 Å². The summed E-state index contributed by atoms with van der Waals surface area (Å²) < 4.78 is 25.0. The van der Waals surface area contributed by atoms with E-state index < -0.39 is 6.43 Å². The van der Waals surface area contributed by atoms with Crippen molar-refractivity contribution in [3.63, 3.8) is 0 Å². The van der Waals surface area contributed by atoms with Gasteiger partial charge in [0.25, 0.3) is 6.43 Å². The molecular weight excluding hydrogens is 277 g/mol. The second-order valence-corrected chi connectivity index (χ2v) is 3.29. The van der Waals surface area contributed by atoms with Gasteiger partial charge < -0.3 is 5.73 Å². The molecule has 12 heavy (non-hydrogen) atoms. The van der Waals surface area contributed by atoms with Crippen LogP contribution in [0.2, 0.25) is 0 Å². The Balaban J connectivity index is 3.14. The van der Waals surface area contributed by atoms with Crippen LogP contribution in [0.3, 0.4) is 0 Å². The van der Waals surface area contributed by atoms with Crippen molar-refractivity contribution < 1.29 is 8.78 Å². The van der Waals surface area contributed by atoms with Gasteiger partial charge in [-0.2, -0.15) is 0 Å². The van der Waals surface area contributed by atoms with Gasteiger partial charge in [0, 0.05) is 28.1 Å². The van der Waals surface area contributed by atoms with Gasteiger partial charge >= 0.3 is 0 Å². The second-order valence-electron chi connectivity index (χ2n) is 2.21. The van der Waals surface area contributed by atoms with Crippen LogP contribution in [0.1, 0.15) is 17.6 Å². The minimum Gasteiger partial charge on any atom is -0.326 e. The average Bonchev–Trinajstić information content (AvgIpc) is 2.04. The first-order valence-electron chi connectivity index (χ1n) is 3.27. The van der Waals surface area contributed by atoms with Gasteiger partial charge in [-0.15, -0.1) is 0 Å². The van der Waals surface area contributed by atoms with Crippen molar-refractivity contribution in [2.24, 2.45) is 5.73 Å². The smallest absolute Gasteiger partial charge is 0.266 e. The van der Waals surface area contributed by atoms with Crippen molar-refractivity contribution in [3.8, 4) is 0 Å². The van der Waals surface area contributed by atoms with Crippen LogP contribution >= 0.6 is 22.6 Å². The maximum atomic E-state index is 12.3. The van der Waals surface area contributed by atoms with E-state index in [1.807, 2.05) is 22.6 Å². The molecule has 1 heterocycles. The molecule has 1 aromatic heterocycles. The molecule has 0 saturated carbocycles. The number of rotatable bonds is 2. The van der Waals surface area contributed by atoms with Crippen molar-refractivity contribution in [1.82, 2.24) is 4.98 Å². The lowest BCUT2D eigenvalue weighted by Gasteiger charge is -2.05. The first kappa shape index (κ1) is 9.79. The van der Waals surface area contributed by atoms with Crippen molar-refractivity contribution in [2.45, 2.75) is 13.0 Å². The Morgan fingerprint density at radius 2 is 2.17 bits per heavy atom. The number of hydrogen-bond acceptors (Lipinski definition) is 2. The molecule has 0 unspecified atom stereocenters. The lowest BCUT2D eigenvalue weighted by molar-refractivity contribution is 0.150. The van der Waals surface area contributed by atoms with Crippen LogP contribution in [-0.2, 0) is 6.54 Å². The molecule has 0 amide bonds. The van der Waals surface area contributed by atoms with Crippen LogP contribution in [0.15, 0.2) is 12.4 Å². The maximum absolute atomic E-state index is 12.3. The molecular formula is C7H7F2IN2. The number of halogens is 3. The van der Waals surface area contributed by atoms with Crippen LogP contribution in [0, 0.1) is 3.57 Å². The summed E-state index contributed by atoms with van der Waals surface area (Å²) in [6.07, 6.45) is 0.204. The van der Waals surface area contributed by atoms with Gasteiger partial charge in [-0.1, -0.05) is 0 Å². The fourth-order valence-electron chi connectivity index (χ4n) is 0.801. The zero-order valence-electron chi connectivity index (χ0n) is 6.10. The van der Waals surface area contributed by atoms with E-state index in [4.69, 9.17) is 5.73 Å². The van der Waals surface area contributed by atoms with E-state index in [-0.39, 0.29) is 12.1 Å². The molecule has 0 aliphatic carbocycles. The number of pyridine rings is 1. The predicted molar refractivity (Wildman–Crippen MR) is 49.8 cm³/mol. The van der Waals surface area contributed by atoms with E-state index in [2.05, 4.69) is 4.98 Å². The summed E-state index contributed by atoms with van der Waals surface area (Å²) in [6.45, 7) is 0.242. The molecule has 1 aromatic rings. The fourth-order valence-corrected chi connectivity index (χ4v) is 1.53. The summed E-state index contributed by atoms with van der Waals surface area (Å²) in [5, 5.41) is 0. The zero-order valence-corrected chi connectivity index (χ0v) is 8.26. The lowest BCUT2D eigenvalue weighted by atomic mass is 10.2. The number of nitrogens with two attached hydrogens (primary N) is 1. The topological polar surface area (TPSA) is 38.9 Å². The Labute approximate surface area is 82.3 Å². The summed E-state index contributed by atoms with van der Waals surface area (Å²) in [6, 6.07) is 0. The Morgan fingerprint density at radius 3 is 2.67 bits per heavy atom. The third-order valence-electron chi connectivity index (χ3n) is 1.43. The van der Waals surface area contributed by atoms with Crippen LogP contribution in [0.25, 0.3) is 0 Å². The summed E-state index contributed by atoms with van der Waals surface area (Å²) in [7, 11) is 0. The molecule has 0 atom stereocenters. The number of alkyl halides is 2. The van der Waals surface area contributed by atoms with Crippen LogP contribution in [-0.4, -0.2) is 4.98 Å². The summed E-state index contributed by atoms with van der Waals surface area (Å²) in [5.74, 6) is 0. The first-order chi connectivity index (χ1) is 5.66. The maximum Gasteiger partial charge on any atom is 0.266 e. The third-order valence-corrected chi connectivity index (χ3v) is 2.75. The van der Waals surface area contributed by atoms with Gasteiger partial charge in [0.1, 0.15) is 0 Å². The molecule has 0 saturated heterocycles.